The Labute approximate surface area is 404 Å². The summed E-state index contributed by atoms with van der Waals surface area (Å²) in [6, 6.07) is 77.4. The molecule has 0 saturated carbocycles. The molecule has 7 heteroatoms. The van der Waals surface area contributed by atoms with Crippen LogP contribution in [0.4, 0.5) is 0 Å². The van der Waals surface area contributed by atoms with Gasteiger partial charge in [0.15, 0.2) is 11.6 Å². The van der Waals surface area contributed by atoms with E-state index in [2.05, 4.69) is 194 Å². The number of fused-ring (bicyclic) bond motifs is 6. The number of benzene rings is 8. The smallest absolute Gasteiger partial charge is 0.160 e. The van der Waals surface area contributed by atoms with Crippen LogP contribution in [-0.4, -0.2) is 34.5 Å². The minimum Gasteiger partial charge on any atom is -0.349 e. The molecule has 0 spiro atoms. The van der Waals surface area contributed by atoms with E-state index >= 15 is 0 Å². The van der Waals surface area contributed by atoms with Crippen LogP contribution in [0.15, 0.2) is 231 Å². The van der Waals surface area contributed by atoms with E-state index in [1.807, 2.05) is 48.5 Å². The number of nitrogens with zero attached hydrogens (tertiary/aromatic N) is 7. The number of hydrogen-bond donors (Lipinski definition) is 0. The highest BCUT2D eigenvalue weighted by atomic mass is 15.0. The topological polar surface area (TPSA) is 82.3 Å². The first-order valence-electron chi connectivity index (χ1n) is 23.4. The second kappa shape index (κ2) is 17.0. The fraction of sp³-hybridized carbons (Fsp3) is 0.0159. The van der Waals surface area contributed by atoms with Gasteiger partial charge >= 0.3 is 0 Å². The highest BCUT2D eigenvalue weighted by molar-refractivity contribution is 6.14. The van der Waals surface area contributed by atoms with Crippen molar-refractivity contribution in [2.45, 2.75) is 0 Å². The molecule has 0 unspecified atom stereocenters. The lowest BCUT2D eigenvalue weighted by Gasteiger charge is -2.15. The summed E-state index contributed by atoms with van der Waals surface area (Å²) in [6.45, 7) is 0. The third-order valence-corrected chi connectivity index (χ3v) is 13.2. The first-order chi connectivity index (χ1) is 34.6. The molecule has 0 aliphatic rings. The summed E-state index contributed by atoms with van der Waals surface area (Å²) in [5.74, 6) is 1.24. The van der Waals surface area contributed by atoms with E-state index in [1.165, 1.54) is 0 Å². The average molecular weight is 896 g/mol. The average Bonchev–Trinajstić information content (AvgIpc) is 3.83. The van der Waals surface area contributed by atoms with E-state index in [0.29, 0.717) is 11.6 Å². The fourth-order valence-electron chi connectivity index (χ4n) is 9.76. The summed E-state index contributed by atoms with van der Waals surface area (Å²) in [6.07, 6.45) is 2.15. The molecule has 7 nitrogen and oxygen atoms in total. The molecule has 328 valence electrons. The van der Waals surface area contributed by atoms with Crippen LogP contribution in [0.3, 0.4) is 0 Å². The van der Waals surface area contributed by atoms with Crippen LogP contribution in [0.5, 0.6) is 0 Å². The Morgan fingerprint density at radius 2 is 0.629 bits per heavy atom. The molecule has 0 aliphatic heterocycles. The minimum absolute atomic E-state index is 0.617. The Morgan fingerprint density at radius 1 is 0.286 bits per heavy atom. The van der Waals surface area contributed by atoms with Gasteiger partial charge in [-0.3, -0.25) is 0 Å². The van der Waals surface area contributed by atoms with Crippen molar-refractivity contribution in [1.82, 2.24) is 34.5 Å². The standard InChI is InChI=1S/C63H41N7/c1-70-39-46(56-49-34-32-47-51(40-20-8-2-9-21-40)37-53(42-24-12-4-13-25-42)64-58(47)60(49)68-62(66-56)44-28-16-6-17-29-44)36-55(70)57-50-35-33-48-52(41-22-10-3-11-23-41)38-54(43-26-14-5-15-27-43)65-59(48)61(50)69-63(67-57)45-30-18-7-19-31-45/h2-39H,1H3. The van der Waals surface area contributed by atoms with Crippen molar-refractivity contribution in [1.29, 1.82) is 0 Å². The summed E-state index contributed by atoms with van der Waals surface area (Å²) in [7, 11) is 2.08. The van der Waals surface area contributed by atoms with Crippen molar-refractivity contribution in [3.8, 4) is 90.2 Å². The molecule has 0 radical (unpaired) electrons. The maximum absolute atomic E-state index is 5.43. The highest BCUT2D eigenvalue weighted by Crippen LogP contribution is 2.42. The monoisotopic (exact) mass is 895 g/mol. The normalized spacial score (nSPS) is 11.5. The summed E-state index contributed by atoms with van der Waals surface area (Å²) in [4.78, 5) is 32.5. The minimum atomic E-state index is 0.617. The number of hydrogen-bond acceptors (Lipinski definition) is 6. The van der Waals surface area contributed by atoms with Gasteiger partial charge in [-0.15, -0.1) is 0 Å². The molecule has 0 fully saturated rings. The molecule has 0 N–H and O–H groups in total. The van der Waals surface area contributed by atoms with E-state index < -0.39 is 0 Å². The third kappa shape index (κ3) is 7.16. The van der Waals surface area contributed by atoms with Gasteiger partial charge in [0.2, 0.25) is 0 Å². The van der Waals surface area contributed by atoms with E-state index in [4.69, 9.17) is 29.9 Å². The molecule has 0 amide bonds. The maximum Gasteiger partial charge on any atom is 0.160 e. The lowest BCUT2D eigenvalue weighted by molar-refractivity contribution is 0.932. The van der Waals surface area contributed by atoms with E-state index in [1.54, 1.807) is 0 Å². The predicted molar refractivity (Wildman–Crippen MR) is 286 cm³/mol. The second-order valence-corrected chi connectivity index (χ2v) is 17.5. The second-order valence-electron chi connectivity index (χ2n) is 17.5. The predicted octanol–water partition coefficient (Wildman–Crippen LogP) is 15.3. The Bertz CT molecular complexity index is 4090. The van der Waals surface area contributed by atoms with Gasteiger partial charge in [-0.25, -0.2) is 29.9 Å². The molecular formula is C63H41N7. The molecule has 5 heterocycles. The van der Waals surface area contributed by atoms with Gasteiger partial charge in [-0.2, -0.15) is 0 Å². The SMILES string of the molecule is Cn1cc(-c2nc(-c3ccccc3)nc3c2ccc2c(-c4ccccc4)cc(-c4ccccc4)nc23)cc1-c1nc(-c2ccccc2)nc2c1ccc1c(-c3ccccc3)cc(-c3ccccc3)nc12. The summed E-state index contributed by atoms with van der Waals surface area (Å²) in [5, 5.41) is 3.83. The zero-order valence-corrected chi connectivity index (χ0v) is 38.1. The van der Waals surface area contributed by atoms with E-state index in [9.17, 15) is 0 Å². The lowest BCUT2D eigenvalue weighted by Crippen LogP contribution is -2.00. The summed E-state index contributed by atoms with van der Waals surface area (Å²) in [5.41, 5.74) is 16.7. The number of aromatic nitrogens is 7. The van der Waals surface area contributed by atoms with Gasteiger partial charge in [0, 0.05) is 62.6 Å². The van der Waals surface area contributed by atoms with Crippen LogP contribution < -0.4 is 0 Å². The number of aryl methyl sites for hydroxylation is 1. The number of pyridine rings is 2. The van der Waals surface area contributed by atoms with Crippen LogP contribution in [0.25, 0.3) is 134 Å². The van der Waals surface area contributed by atoms with Gasteiger partial charge in [0.25, 0.3) is 0 Å². The van der Waals surface area contributed by atoms with Gasteiger partial charge in [-0.05, 0) is 52.6 Å². The molecular weight excluding hydrogens is 855 g/mol. The molecule has 0 bridgehead atoms. The molecule has 0 saturated heterocycles. The van der Waals surface area contributed by atoms with Crippen molar-refractivity contribution in [3.05, 3.63) is 231 Å². The van der Waals surface area contributed by atoms with Gasteiger partial charge < -0.3 is 4.57 Å². The van der Waals surface area contributed by atoms with Crippen LogP contribution in [0, 0.1) is 0 Å². The van der Waals surface area contributed by atoms with Crippen molar-refractivity contribution in [3.63, 3.8) is 0 Å². The fourth-order valence-corrected chi connectivity index (χ4v) is 9.76. The zero-order chi connectivity index (χ0) is 46.5. The third-order valence-electron chi connectivity index (χ3n) is 13.2. The zero-order valence-electron chi connectivity index (χ0n) is 38.1. The first-order valence-corrected chi connectivity index (χ1v) is 23.4. The summed E-state index contributed by atoms with van der Waals surface area (Å²) < 4.78 is 2.15. The van der Waals surface area contributed by atoms with E-state index in [-0.39, 0.29) is 0 Å². The van der Waals surface area contributed by atoms with Crippen molar-refractivity contribution < 1.29 is 0 Å². The molecule has 0 atom stereocenters. The van der Waals surface area contributed by atoms with Crippen molar-refractivity contribution in [2.75, 3.05) is 0 Å². The first kappa shape index (κ1) is 40.8. The highest BCUT2D eigenvalue weighted by Gasteiger charge is 2.23. The molecule has 70 heavy (non-hydrogen) atoms. The van der Waals surface area contributed by atoms with Crippen LogP contribution in [0.2, 0.25) is 0 Å². The molecule has 5 aromatic heterocycles. The van der Waals surface area contributed by atoms with Gasteiger partial charge in [-0.1, -0.05) is 194 Å². The summed E-state index contributed by atoms with van der Waals surface area (Å²) >= 11 is 0. The van der Waals surface area contributed by atoms with Gasteiger partial charge in [0.1, 0.15) is 11.0 Å². The molecule has 13 rings (SSSR count). The van der Waals surface area contributed by atoms with Crippen LogP contribution >= 0.6 is 0 Å². The molecule has 13 aromatic rings. The maximum atomic E-state index is 5.43. The van der Waals surface area contributed by atoms with Gasteiger partial charge in [0.05, 0.1) is 39.5 Å². The largest absolute Gasteiger partial charge is 0.349 e. The Kier molecular flexibility index (Phi) is 9.91. The van der Waals surface area contributed by atoms with Crippen molar-refractivity contribution >= 4 is 43.6 Å². The molecule has 8 aromatic carbocycles. The van der Waals surface area contributed by atoms with Crippen LogP contribution in [0.1, 0.15) is 0 Å². The Morgan fingerprint density at radius 3 is 1.06 bits per heavy atom. The number of rotatable bonds is 8. The molecule has 0 aliphatic carbocycles. The lowest BCUT2D eigenvalue weighted by atomic mass is 9.96. The quantitative estimate of drug-likeness (QED) is 0.141. The van der Waals surface area contributed by atoms with Crippen molar-refractivity contribution in [2.24, 2.45) is 7.05 Å². The Balaban J connectivity index is 1.07. The van der Waals surface area contributed by atoms with E-state index in [0.717, 1.165) is 122 Å². The van der Waals surface area contributed by atoms with Crippen LogP contribution in [-0.2, 0) is 7.05 Å². The Hall–Kier alpha value is -9.46.